The average Bonchev–Trinajstić information content (AvgIpc) is 2.50. The van der Waals surface area contributed by atoms with E-state index in [0.717, 1.165) is 6.08 Å². The van der Waals surface area contributed by atoms with Crippen LogP contribution in [0.15, 0.2) is 30.3 Å². The monoisotopic (exact) mass is 318 g/mol. The minimum Gasteiger partial charge on any atom is -0.452 e. The Bertz CT molecular complexity index is 649. The highest BCUT2D eigenvalue weighted by molar-refractivity contribution is 5.89. The summed E-state index contributed by atoms with van der Waals surface area (Å²) in [6, 6.07) is 7.72. The standard InChI is InChI=1S/C17H19FN2O3/c1-12(2)17(3,11-19)20-15(21)10-23-16(22)8-7-13-5-4-6-14(18)9-13/h4-9,12H,10H2,1-3H3,(H,20,21). The van der Waals surface area contributed by atoms with Gasteiger partial charge in [0.15, 0.2) is 6.61 Å². The molecule has 1 N–H and O–H groups in total. The van der Waals surface area contributed by atoms with Crippen LogP contribution in [0.3, 0.4) is 0 Å². The van der Waals surface area contributed by atoms with Gasteiger partial charge in [0.25, 0.3) is 5.91 Å². The van der Waals surface area contributed by atoms with Crippen molar-refractivity contribution in [3.63, 3.8) is 0 Å². The Morgan fingerprint density at radius 1 is 1.48 bits per heavy atom. The summed E-state index contributed by atoms with van der Waals surface area (Å²) in [4.78, 5) is 23.3. The lowest BCUT2D eigenvalue weighted by molar-refractivity contribution is -0.144. The van der Waals surface area contributed by atoms with Crippen LogP contribution in [0.1, 0.15) is 26.3 Å². The Labute approximate surface area is 134 Å². The summed E-state index contributed by atoms with van der Waals surface area (Å²) in [6.07, 6.45) is 2.49. The van der Waals surface area contributed by atoms with Crippen LogP contribution >= 0.6 is 0 Å². The van der Waals surface area contributed by atoms with Crippen molar-refractivity contribution in [2.24, 2.45) is 5.92 Å². The van der Waals surface area contributed by atoms with Crippen molar-refractivity contribution in [2.75, 3.05) is 6.61 Å². The number of carbonyl (C=O) groups excluding carboxylic acids is 2. The molecule has 0 bridgehead atoms. The molecule has 0 aliphatic heterocycles. The van der Waals surface area contributed by atoms with Gasteiger partial charge in [-0.3, -0.25) is 4.79 Å². The zero-order valence-electron chi connectivity index (χ0n) is 13.3. The van der Waals surface area contributed by atoms with Crippen molar-refractivity contribution in [1.82, 2.24) is 5.32 Å². The van der Waals surface area contributed by atoms with Gasteiger partial charge in [-0.25, -0.2) is 9.18 Å². The van der Waals surface area contributed by atoms with Crippen LogP contribution in [-0.2, 0) is 14.3 Å². The third kappa shape index (κ3) is 5.91. The summed E-state index contributed by atoms with van der Waals surface area (Å²) in [5, 5.41) is 11.6. The van der Waals surface area contributed by atoms with Crippen molar-refractivity contribution >= 4 is 18.0 Å². The van der Waals surface area contributed by atoms with Gasteiger partial charge in [0.2, 0.25) is 0 Å². The van der Waals surface area contributed by atoms with Crippen LogP contribution in [0.4, 0.5) is 4.39 Å². The average molecular weight is 318 g/mol. The van der Waals surface area contributed by atoms with Gasteiger partial charge < -0.3 is 10.1 Å². The van der Waals surface area contributed by atoms with Gasteiger partial charge in [-0.05, 0) is 36.6 Å². The number of benzene rings is 1. The lowest BCUT2D eigenvalue weighted by Crippen LogP contribution is -2.50. The molecule has 1 aromatic carbocycles. The van der Waals surface area contributed by atoms with E-state index in [1.54, 1.807) is 26.8 Å². The Hall–Kier alpha value is -2.68. The minimum atomic E-state index is -1.03. The van der Waals surface area contributed by atoms with Gasteiger partial charge in [0.1, 0.15) is 11.4 Å². The summed E-state index contributed by atoms with van der Waals surface area (Å²) in [7, 11) is 0. The van der Waals surface area contributed by atoms with E-state index in [1.165, 1.54) is 24.3 Å². The molecule has 6 heteroatoms. The van der Waals surface area contributed by atoms with E-state index in [2.05, 4.69) is 5.32 Å². The number of esters is 1. The van der Waals surface area contributed by atoms with Crippen LogP contribution in [0, 0.1) is 23.1 Å². The summed E-state index contributed by atoms with van der Waals surface area (Å²) in [6.45, 7) is 4.71. The molecule has 0 saturated heterocycles. The third-order valence-electron chi connectivity index (χ3n) is 3.39. The fourth-order valence-corrected chi connectivity index (χ4v) is 1.59. The number of rotatable bonds is 6. The first-order chi connectivity index (χ1) is 10.8. The first kappa shape index (κ1) is 18.4. The SMILES string of the molecule is CC(C)C(C)(C#N)NC(=O)COC(=O)C=Cc1cccc(F)c1. The van der Waals surface area contributed by atoms with Gasteiger partial charge >= 0.3 is 5.97 Å². The van der Waals surface area contributed by atoms with Gasteiger partial charge in [-0.1, -0.05) is 26.0 Å². The largest absolute Gasteiger partial charge is 0.452 e. The number of hydrogen-bond acceptors (Lipinski definition) is 4. The molecular formula is C17H19FN2O3. The molecule has 23 heavy (non-hydrogen) atoms. The number of nitriles is 1. The van der Waals surface area contributed by atoms with Crippen LogP contribution < -0.4 is 5.32 Å². The first-order valence-corrected chi connectivity index (χ1v) is 7.09. The van der Waals surface area contributed by atoms with Crippen LogP contribution in [0.5, 0.6) is 0 Å². The topological polar surface area (TPSA) is 79.2 Å². The molecule has 1 amide bonds. The van der Waals surface area contributed by atoms with E-state index in [4.69, 9.17) is 10.00 Å². The molecule has 0 saturated carbocycles. The molecule has 0 aliphatic carbocycles. The second-order valence-electron chi connectivity index (χ2n) is 5.51. The Morgan fingerprint density at radius 3 is 2.74 bits per heavy atom. The van der Waals surface area contributed by atoms with Crippen molar-refractivity contribution in [3.05, 3.63) is 41.7 Å². The zero-order chi connectivity index (χ0) is 17.5. The zero-order valence-corrected chi connectivity index (χ0v) is 13.3. The molecule has 1 atom stereocenters. The van der Waals surface area contributed by atoms with Crippen molar-refractivity contribution in [3.8, 4) is 6.07 Å². The first-order valence-electron chi connectivity index (χ1n) is 7.09. The van der Waals surface area contributed by atoms with Gasteiger partial charge in [0.05, 0.1) is 6.07 Å². The van der Waals surface area contributed by atoms with Crippen LogP contribution in [-0.4, -0.2) is 24.0 Å². The summed E-state index contributed by atoms with van der Waals surface area (Å²) < 4.78 is 17.8. The molecule has 0 fully saturated rings. The van der Waals surface area contributed by atoms with Crippen molar-refractivity contribution in [1.29, 1.82) is 5.26 Å². The van der Waals surface area contributed by atoms with E-state index in [9.17, 15) is 14.0 Å². The fraction of sp³-hybridized carbons (Fsp3) is 0.353. The maximum Gasteiger partial charge on any atom is 0.331 e. The molecular weight excluding hydrogens is 299 g/mol. The Kier molecular flexibility index (Phi) is 6.46. The maximum atomic E-state index is 13.0. The number of hydrogen-bond donors (Lipinski definition) is 1. The molecule has 1 rings (SSSR count). The molecule has 0 aromatic heterocycles. The predicted molar refractivity (Wildman–Crippen MR) is 83.4 cm³/mol. The summed E-state index contributed by atoms with van der Waals surface area (Å²) in [5.41, 5.74) is -0.524. The molecule has 0 heterocycles. The summed E-state index contributed by atoms with van der Waals surface area (Å²) >= 11 is 0. The quantitative estimate of drug-likeness (QED) is 0.645. The predicted octanol–water partition coefficient (Wildman–Crippen LogP) is 2.44. The molecule has 1 unspecified atom stereocenters. The number of halogens is 1. The van der Waals surface area contributed by atoms with E-state index in [-0.39, 0.29) is 5.92 Å². The highest BCUT2D eigenvalue weighted by atomic mass is 19.1. The summed E-state index contributed by atoms with van der Waals surface area (Å²) in [5.74, 6) is -1.80. The highest BCUT2D eigenvalue weighted by Crippen LogP contribution is 2.14. The van der Waals surface area contributed by atoms with E-state index < -0.39 is 29.8 Å². The van der Waals surface area contributed by atoms with Crippen molar-refractivity contribution in [2.45, 2.75) is 26.3 Å². The number of nitrogens with one attached hydrogen (secondary N) is 1. The number of amides is 1. The second-order valence-corrected chi connectivity index (χ2v) is 5.51. The third-order valence-corrected chi connectivity index (χ3v) is 3.39. The Balaban J connectivity index is 2.50. The lowest BCUT2D eigenvalue weighted by atomic mass is 9.90. The lowest BCUT2D eigenvalue weighted by Gasteiger charge is -2.27. The van der Waals surface area contributed by atoms with E-state index in [0.29, 0.717) is 5.56 Å². The maximum absolute atomic E-state index is 13.0. The fourth-order valence-electron chi connectivity index (χ4n) is 1.59. The highest BCUT2D eigenvalue weighted by Gasteiger charge is 2.30. The molecule has 0 aliphatic rings. The minimum absolute atomic E-state index is 0.0972. The van der Waals surface area contributed by atoms with Gasteiger partial charge in [-0.2, -0.15) is 5.26 Å². The number of nitrogens with zero attached hydrogens (tertiary/aromatic N) is 1. The van der Waals surface area contributed by atoms with Gasteiger partial charge in [-0.15, -0.1) is 0 Å². The van der Waals surface area contributed by atoms with Crippen LogP contribution in [0.25, 0.3) is 6.08 Å². The smallest absolute Gasteiger partial charge is 0.331 e. The second kappa shape index (κ2) is 8.08. The molecule has 0 spiro atoms. The van der Waals surface area contributed by atoms with Crippen molar-refractivity contribution < 1.29 is 18.7 Å². The molecule has 122 valence electrons. The van der Waals surface area contributed by atoms with E-state index >= 15 is 0 Å². The Morgan fingerprint density at radius 2 is 2.17 bits per heavy atom. The van der Waals surface area contributed by atoms with Gasteiger partial charge in [0, 0.05) is 6.08 Å². The molecule has 0 radical (unpaired) electrons. The van der Waals surface area contributed by atoms with Crippen LogP contribution in [0.2, 0.25) is 0 Å². The number of carbonyl (C=O) groups is 2. The molecule has 1 aromatic rings. The van der Waals surface area contributed by atoms with E-state index in [1.807, 2.05) is 6.07 Å². The molecule has 5 nitrogen and oxygen atoms in total. The number of ether oxygens (including phenoxy) is 1. The normalized spacial score (nSPS) is 13.4.